The van der Waals surface area contributed by atoms with Gasteiger partial charge < -0.3 is 5.32 Å². The number of halogens is 2. The van der Waals surface area contributed by atoms with Gasteiger partial charge in [0.15, 0.2) is 5.13 Å². The van der Waals surface area contributed by atoms with Gasteiger partial charge in [-0.05, 0) is 36.2 Å². The molecule has 0 aliphatic heterocycles. The SMILES string of the molecule is O=C(CCc1ccc(Br)cc1F)Nc1nc(-c2cccnc2)cs1. The maximum Gasteiger partial charge on any atom is 0.226 e. The molecule has 0 bridgehead atoms. The third kappa shape index (κ3) is 4.24. The Morgan fingerprint density at radius 3 is 2.96 bits per heavy atom. The van der Waals surface area contributed by atoms with Gasteiger partial charge in [0.2, 0.25) is 5.91 Å². The molecule has 2 heterocycles. The van der Waals surface area contributed by atoms with Crippen LogP contribution in [-0.2, 0) is 11.2 Å². The molecular weight excluding hydrogens is 393 g/mol. The second-order valence-electron chi connectivity index (χ2n) is 5.06. The van der Waals surface area contributed by atoms with Gasteiger partial charge in [0.05, 0.1) is 5.69 Å². The van der Waals surface area contributed by atoms with E-state index < -0.39 is 0 Å². The van der Waals surface area contributed by atoms with Gasteiger partial charge in [0, 0.05) is 34.2 Å². The predicted molar refractivity (Wildman–Crippen MR) is 96.4 cm³/mol. The molecule has 1 aromatic carbocycles. The summed E-state index contributed by atoms with van der Waals surface area (Å²) >= 11 is 4.56. The van der Waals surface area contributed by atoms with E-state index in [0.29, 0.717) is 21.6 Å². The van der Waals surface area contributed by atoms with Crippen LogP contribution in [0.5, 0.6) is 0 Å². The number of carbonyl (C=O) groups excluding carboxylic acids is 1. The fraction of sp³-hybridized carbons (Fsp3) is 0.118. The minimum absolute atomic E-state index is 0.190. The summed E-state index contributed by atoms with van der Waals surface area (Å²) < 4.78 is 14.4. The molecule has 2 aromatic heterocycles. The second kappa shape index (κ2) is 7.63. The van der Waals surface area contributed by atoms with Crippen molar-refractivity contribution in [2.75, 3.05) is 5.32 Å². The first-order valence-electron chi connectivity index (χ1n) is 7.21. The molecule has 24 heavy (non-hydrogen) atoms. The van der Waals surface area contributed by atoms with Gasteiger partial charge in [-0.2, -0.15) is 0 Å². The molecule has 0 fully saturated rings. The van der Waals surface area contributed by atoms with Gasteiger partial charge in [-0.3, -0.25) is 9.78 Å². The molecule has 3 rings (SSSR count). The van der Waals surface area contributed by atoms with E-state index in [1.54, 1.807) is 24.5 Å². The molecular formula is C17H13BrFN3OS. The maximum atomic E-state index is 13.7. The van der Waals surface area contributed by atoms with Gasteiger partial charge in [-0.1, -0.05) is 22.0 Å². The van der Waals surface area contributed by atoms with Crippen molar-refractivity contribution < 1.29 is 9.18 Å². The van der Waals surface area contributed by atoms with Crippen LogP contribution >= 0.6 is 27.3 Å². The number of thiazole rings is 1. The van der Waals surface area contributed by atoms with Gasteiger partial charge in [-0.25, -0.2) is 9.37 Å². The molecule has 0 atom stereocenters. The molecule has 0 radical (unpaired) electrons. The fourth-order valence-electron chi connectivity index (χ4n) is 2.13. The van der Waals surface area contributed by atoms with Crippen LogP contribution < -0.4 is 5.32 Å². The molecule has 3 aromatic rings. The standard InChI is InChI=1S/C17H13BrFN3OS/c18-13-5-3-11(14(19)8-13)4-6-16(23)22-17-21-15(10-24-17)12-2-1-7-20-9-12/h1-3,5,7-10H,4,6H2,(H,21,22,23). The summed E-state index contributed by atoms with van der Waals surface area (Å²) in [5, 5.41) is 5.13. The zero-order valence-corrected chi connectivity index (χ0v) is 14.9. The van der Waals surface area contributed by atoms with Crippen molar-refractivity contribution in [1.82, 2.24) is 9.97 Å². The number of aryl methyl sites for hydroxylation is 1. The summed E-state index contributed by atoms with van der Waals surface area (Å²) in [5.74, 6) is -0.505. The van der Waals surface area contributed by atoms with E-state index in [4.69, 9.17) is 0 Å². The Balaban J connectivity index is 1.58. The van der Waals surface area contributed by atoms with E-state index in [-0.39, 0.29) is 18.1 Å². The highest BCUT2D eigenvalue weighted by molar-refractivity contribution is 9.10. The number of hydrogen-bond acceptors (Lipinski definition) is 4. The minimum atomic E-state index is -0.315. The van der Waals surface area contributed by atoms with Crippen molar-refractivity contribution in [3.63, 3.8) is 0 Å². The quantitative estimate of drug-likeness (QED) is 0.670. The fourth-order valence-corrected chi connectivity index (χ4v) is 3.20. The largest absolute Gasteiger partial charge is 0.302 e. The van der Waals surface area contributed by atoms with Crippen LogP contribution in [0.25, 0.3) is 11.3 Å². The third-order valence-corrected chi connectivity index (χ3v) is 4.60. The Labute approximate surface area is 150 Å². The van der Waals surface area contributed by atoms with Crippen LogP contribution in [0.2, 0.25) is 0 Å². The van der Waals surface area contributed by atoms with Crippen molar-refractivity contribution in [2.45, 2.75) is 12.8 Å². The molecule has 4 nitrogen and oxygen atoms in total. The van der Waals surface area contributed by atoms with E-state index in [0.717, 1.165) is 11.3 Å². The van der Waals surface area contributed by atoms with Crippen LogP contribution in [0.4, 0.5) is 9.52 Å². The first kappa shape index (κ1) is 16.7. The number of rotatable bonds is 5. The average Bonchev–Trinajstić information content (AvgIpc) is 3.03. The summed E-state index contributed by atoms with van der Waals surface area (Å²) in [6.07, 6.45) is 3.95. The Bertz CT molecular complexity index is 854. The number of carbonyl (C=O) groups is 1. The van der Waals surface area contributed by atoms with E-state index in [1.165, 1.54) is 17.4 Å². The van der Waals surface area contributed by atoms with E-state index in [9.17, 15) is 9.18 Å². The normalized spacial score (nSPS) is 10.6. The van der Waals surface area contributed by atoms with E-state index in [1.807, 2.05) is 17.5 Å². The number of pyridine rings is 1. The number of hydrogen-bond donors (Lipinski definition) is 1. The van der Waals surface area contributed by atoms with Gasteiger partial charge >= 0.3 is 0 Å². The van der Waals surface area contributed by atoms with Crippen molar-refractivity contribution in [2.24, 2.45) is 0 Å². The molecule has 122 valence electrons. The molecule has 0 saturated carbocycles. The molecule has 1 N–H and O–H groups in total. The van der Waals surface area contributed by atoms with E-state index in [2.05, 4.69) is 31.2 Å². The zero-order chi connectivity index (χ0) is 16.9. The molecule has 0 saturated heterocycles. The second-order valence-corrected chi connectivity index (χ2v) is 6.84. The van der Waals surface area contributed by atoms with Crippen molar-refractivity contribution >= 4 is 38.3 Å². The van der Waals surface area contributed by atoms with Gasteiger partial charge in [-0.15, -0.1) is 11.3 Å². The van der Waals surface area contributed by atoms with Crippen LogP contribution in [0, 0.1) is 5.82 Å². The van der Waals surface area contributed by atoms with Gasteiger partial charge in [0.25, 0.3) is 0 Å². The summed E-state index contributed by atoms with van der Waals surface area (Å²) in [4.78, 5) is 20.4. The first-order chi connectivity index (χ1) is 11.6. The number of aromatic nitrogens is 2. The highest BCUT2D eigenvalue weighted by Crippen LogP contribution is 2.24. The lowest BCUT2D eigenvalue weighted by atomic mass is 10.1. The Kier molecular flexibility index (Phi) is 5.32. The number of nitrogens with one attached hydrogen (secondary N) is 1. The number of amides is 1. The highest BCUT2D eigenvalue weighted by atomic mass is 79.9. The predicted octanol–water partition coefficient (Wildman–Crippen LogP) is 4.68. The smallest absolute Gasteiger partial charge is 0.226 e. The number of anilines is 1. The first-order valence-corrected chi connectivity index (χ1v) is 8.89. The average molecular weight is 406 g/mol. The Morgan fingerprint density at radius 2 is 2.21 bits per heavy atom. The molecule has 7 heteroatoms. The number of nitrogens with zero attached hydrogens (tertiary/aromatic N) is 2. The van der Waals surface area contributed by atoms with Crippen LogP contribution in [0.15, 0.2) is 52.6 Å². The zero-order valence-electron chi connectivity index (χ0n) is 12.5. The van der Waals surface area contributed by atoms with E-state index >= 15 is 0 Å². The molecule has 0 spiro atoms. The van der Waals surface area contributed by atoms with Crippen LogP contribution in [0.1, 0.15) is 12.0 Å². The number of benzene rings is 1. The Morgan fingerprint density at radius 1 is 1.33 bits per heavy atom. The summed E-state index contributed by atoms with van der Waals surface area (Å²) in [7, 11) is 0. The summed E-state index contributed by atoms with van der Waals surface area (Å²) in [6.45, 7) is 0. The molecule has 0 aliphatic rings. The van der Waals surface area contributed by atoms with Crippen molar-refractivity contribution in [3.8, 4) is 11.3 Å². The lowest BCUT2D eigenvalue weighted by Gasteiger charge is -2.04. The lowest BCUT2D eigenvalue weighted by Crippen LogP contribution is -2.12. The van der Waals surface area contributed by atoms with Crippen molar-refractivity contribution in [3.05, 3.63) is 64.0 Å². The molecule has 1 amide bonds. The summed E-state index contributed by atoms with van der Waals surface area (Å²) in [6, 6.07) is 8.58. The van der Waals surface area contributed by atoms with Crippen LogP contribution in [0.3, 0.4) is 0 Å². The highest BCUT2D eigenvalue weighted by Gasteiger charge is 2.10. The molecule has 0 unspecified atom stereocenters. The molecule has 0 aliphatic carbocycles. The van der Waals surface area contributed by atoms with Gasteiger partial charge in [0.1, 0.15) is 5.82 Å². The lowest BCUT2D eigenvalue weighted by molar-refractivity contribution is -0.116. The summed E-state index contributed by atoms with van der Waals surface area (Å²) in [5.41, 5.74) is 2.18. The van der Waals surface area contributed by atoms with Crippen molar-refractivity contribution in [1.29, 1.82) is 0 Å². The Hall–Kier alpha value is -2.12. The monoisotopic (exact) mass is 405 g/mol. The maximum absolute atomic E-state index is 13.7. The van der Waals surface area contributed by atoms with Crippen LogP contribution in [-0.4, -0.2) is 15.9 Å². The minimum Gasteiger partial charge on any atom is -0.302 e. The third-order valence-electron chi connectivity index (χ3n) is 3.34. The topological polar surface area (TPSA) is 54.9 Å².